The van der Waals surface area contributed by atoms with Gasteiger partial charge in [-0.15, -0.1) is 0 Å². The highest BCUT2D eigenvalue weighted by Gasteiger charge is 2.16. The Labute approximate surface area is 119 Å². The number of hydrogen-bond acceptors (Lipinski definition) is 2. The summed E-state index contributed by atoms with van der Waals surface area (Å²) in [6, 6.07) is 8.74. The minimum atomic E-state index is 0.553. The molecular weight excluding hydrogens is 246 g/mol. The fourth-order valence-corrected chi connectivity index (χ4v) is 3.05. The second kappa shape index (κ2) is 5.50. The SMILES string of the molecule is Cc1cc(C#N)cc(-c2cnn(C3CCCCC3)c2)c1. The van der Waals surface area contributed by atoms with E-state index in [1.807, 2.05) is 25.3 Å². The normalized spacial score (nSPS) is 16.0. The zero-order valence-corrected chi connectivity index (χ0v) is 11.8. The average Bonchev–Trinajstić information content (AvgIpc) is 2.97. The molecule has 1 aromatic heterocycles. The Morgan fingerprint density at radius 3 is 2.70 bits per heavy atom. The molecule has 0 N–H and O–H groups in total. The predicted molar refractivity (Wildman–Crippen MR) is 79.2 cm³/mol. The average molecular weight is 265 g/mol. The minimum absolute atomic E-state index is 0.553. The molecule has 3 heteroatoms. The predicted octanol–water partition coefficient (Wildman–Crippen LogP) is 4.24. The van der Waals surface area contributed by atoms with Gasteiger partial charge in [-0.1, -0.05) is 25.3 Å². The van der Waals surface area contributed by atoms with Crippen molar-refractivity contribution in [3.05, 3.63) is 41.7 Å². The Morgan fingerprint density at radius 2 is 1.95 bits per heavy atom. The zero-order chi connectivity index (χ0) is 13.9. The van der Waals surface area contributed by atoms with Gasteiger partial charge in [-0.3, -0.25) is 4.68 Å². The van der Waals surface area contributed by atoms with Crippen molar-refractivity contribution in [1.29, 1.82) is 5.26 Å². The number of aryl methyl sites for hydroxylation is 1. The third-order valence-electron chi connectivity index (χ3n) is 4.09. The lowest BCUT2D eigenvalue weighted by Gasteiger charge is -2.21. The van der Waals surface area contributed by atoms with Gasteiger partial charge in [0.15, 0.2) is 0 Å². The molecule has 3 rings (SSSR count). The third kappa shape index (κ3) is 2.60. The first-order valence-corrected chi connectivity index (χ1v) is 7.32. The molecule has 1 aromatic carbocycles. The van der Waals surface area contributed by atoms with E-state index in [-0.39, 0.29) is 0 Å². The largest absolute Gasteiger partial charge is 0.269 e. The van der Waals surface area contributed by atoms with Crippen molar-refractivity contribution in [1.82, 2.24) is 9.78 Å². The van der Waals surface area contributed by atoms with Gasteiger partial charge in [0.2, 0.25) is 0 Å². The molecule has 1 saturated carbocycles. The van der Waals surface area contributed by atoms with Crippen LogP contribution in [0.25, 0.3) is 11.1 Å². The Hall–Kier alpha value is -2.08. The zero-order valence-electron chi connectivity index (χ0n) is 11.8. The van der Waals surface area contributed by atoms with Crippen LogP contribution in [0.5, 0.6) is 0 Å². The molecule has 1 aliphatic rings. The van der Waals surface area contributed by atoms with Crippen LogP contribution in [-0.4, -0.2) is 9.78 Å². The number of hydrogen-bond donors (Lipinski definition) is 0. The van der Waals surface area contributed by atoms with Gasteiger partial charge >= 0.3 is 0 Å². The molecule has 0 spiro atoms. The Kier molecular flexibility index (Phi) is 3.56. The monoisotopic (exact) mass is 265 g/mol. The van der Waals surface area contributed by atoms with Gasteiger partial charge < -0.3 is 0 Å². The van der Waals surface area contributed by atoms with Crippen LogP contribution in [0.1, 0.15) is 49.3 Å². The van der Waals surface area contributed by atoms with E-state index in [1.54, 1.807) is 0 Å². The van der Waals surface area contributed by atoms with Crippen molar-refractivity contribution in [3.63, 3.8) is 0 Å². The van der Waals surface area contributed by atoms with Gasteiger partial charge in [0.05, 0.1) is 23.9 Å². The highest BCUT2D eigenvalue weighted by atomic mass is 15.3. The molecule has 102 valence electrons. The van der Waals surface area contributed by atoms with Crippen molar-refractivity contribution in [2.24, 2.45) is 0 Å². The summed E-state index contributed by atoms with van der Waals surface area (Å²) < 4.78 is 2.11. The van der Waals surface area contributed by atoms with Crippen LogP contribution in [0.4, 0.5) is 0 Å². The summed E-state index contributed by atoms with van der Waals surface area (Å²) >= 11 is 0. The van der Waals surface area contributed by atoms with Crippen LogP contribution in [0.2, 0.25) is 0 Å². The topological polar surface area (TPSA) is 41.6 Å². The highest BCUT2D eigenvalue weighted by Crippen LogP contribution is 2.29. The second-order valence-corrected chi connectivity index (χ2v) is 5.70. The molecule has 0 atom stereocenters. The molecule has 1 fully saturated rings. The Morgan fingerprint density at radius 1 is 1.15 bits per heavy atom. The van der Waals surface area contributed by atoms with Crippen molar-refractivity contribution in [2.45, 2.75) is 45.1 Å². The van der Waals surface area contributed by atoms with E-state index in [0.717, 1.165) is 16.7 Å². The van der Waals surface area contributed by atoms with Crippen LogP contribution in [-0.2, 0) is 0 Å². The minimum Gasteiger partial charge on any atom is -0.269 e. The van der Waals surface area contributed by atoms with Crippen molar-refractivity contribution >= 4 is 0 Å². The van der Waals surface area contributed by atoms with Gasteiger partial charge in [0, 0.05) is 11.8 Å². The Balaban J connectivity index is 1.90. The van der Waals surface area contributed by atoms with Crippen molar-refractivity contribution in [3.8, 4) is 17.2 Å². The van der Waals surface area contributed by atoms with Crippen LogP contribution in [0, 0.1) is 18.3 Å². The summed E-state index contributed by atoms with van der Waals surface area (Å²) in [5.74, 6) is 0. The summed E-state index contributed by atoms with van der Waals surface area (Å²) in [6.07, 6.45) is 10.5. The molecule has 0 radical (unpaired) electrons. The van der Waals surface area contributed by atoms with Gasteiger partial charge in [-0.2, -0.15) is 10.4 Å². The maximum absolute atomic E-state index is 9.07. The lowest BCUT2D eigenvalue weighted by Crippen LogP contribution is -2.12. The quantitative estimate of drug-likeness (QED) is 0.815. The number of nitrogens with zero attached hydrogens (tertiary/aromatic N) is 3. The number of benzene rings is 1. The molecule has 1 aliphatic carbocycles. The molecule has 0 amide bonds. The van der Waals surface area contributed by atoms with E-state index >= 15 is 0 Å². The molecule has 0 aliphatic heterocycles. The van der Waals surface area contributed by atoms with E-state index < -0.39 is 0 Å². The first kappa shape index (κ1) is 12.9. The Bertz CT molecular complexity index is 642. The van der Waals surface area contributed by atoms with E-state index in [9.17, 15) is 0 Å². The maximum atomic E-state index is 9.07. The van der Waals surface area contributed by atoms with Gasteiger partial charge in [0.25, 0.3) is 0 Å². The molecule has 20 heavy (non-hydrogen) atoms. The third-order valence-corrected chi connectivity index (χ3v) is 4.09. The summed E-state index contributed by atoms with van der Waals surface area (Å²) in [6.45, 7) is 2.02. The second-order valence-electron chi connectivity index (χ2n) is 5.70. The number of nitriles is 1. The van der Waals surface area contributed by atoms with Crippen LogP contribution in [0.15, 0.2) is 30.6 Å². The van der Waals surface area contributed by atoms with Gasteiger partial charge in [0.1, 0.15) is 0 Å². The smallest absolute Gasteiger partial charge is 0.0991 e. The molecule has 1 heterocycles. The van der Waals surface area contributed by atoms with Crippen molar-refractivity contribution < 1.29 is 0 Å². The number of rotatable bonds is 2. The number of aromatic nitrogens is 2. The van der Waals surface area contributed by atoms with E-state index in [4.69, 9.17) is 5.26 Å². The van der Waals surface area contributed by atoms with E-state index in [1.165, 1.54) is 32.1 Å². The van der Waals surface area contributed by atoms with Crippen LogP contribution < -0.4 is 0 Å². The standard InChI is InChI=1S/C17H19N3/c1-13-7-14(10-18)9-15(8-13)16-11-19-20(12-16)17-5-3-2-4-6-17/h7-9,11-12,17H,2-6H2,1H3. The van der Waals surface area contributed by atoms with Crippen LogP contribution >= 0.6 is 0 Å². The van der Waals surface area contributed by atoms with Crippen molar-refractivity contribution in [2.75, 3.05) is 0 Å². The van der Waals surface area contributed by atoms with E-state index in [2.05, 4.69) is 28.1 Å². The summed E-state index contributed by atoms with van der Waals surface area (Å²) in [5, 5.41) is 13.6. The molecular formula is C17H19N3. The summed E-state index contributed by atoms with van der Waals surface area (Å²) in [7, 11) is 0. The van der Waals surface area contributed by atoms with Crippen LogP contribution in [0.3, 0.4) is 0 Å². The molecule has 2 aromatic rings. The maximum Gasteiger partial charge on any atom is 0.0991 e. The van der Waals surface area contributed by atoms with E-state index in [0.29, 0.717) is 11.6 Å². The highest BCUT2D eigenvalue weighted by molar-refractivity contribution is 5.64. The first-order valence-electron chi connectivity index (χ1n) is 7.32. The molecule has 0 bridgehead atoms. The summed E-state index contributed by atoms with van der Waals surface area (Å²) in [5.41, 5.74) is 4.02. The summed E-state index contributed by atoms with van der Waals surface area (Å²) in [4.78, 5) is 0. The lowest BCUT2D eigenvalue weighted by atomic mass is 9.96. The molecule has 3 nitrogen and oxygen atoms in total. The molecule has 0 unspecified atom stereocenters. The lowest BCUT2D eigenvalue weighted by molar-refractivity contribution is 0.329. The van der Waals surface area contributed by atoms with Gasteiger partial charge in [-0.05, 0) is 43.0 Å². The first-order chi connectivity index (χ1) is 9.76. The molecule has 0 saturated heterocycles. The van der Waals surface area contributed by atoms with Gasteiger partial charge in [-0.25, -0.2) is 0 Å². The fourth-order valence-electron chi connectivity index (χ4n) is 3.05. The fraction of sp³-hybridized carbons (Fsp3) is 0.412.